The topological polar surface area (TPSA) is 74.3 Å². The molecule has 0 aliphatic carbocycles. The van der Waals surface area contributed by atoms with E-state index in [0.29, 0.717) is 19.5 Å². The molecule has 0 unspecified atom stereocenters. The third kappa shape index (κ3) is 4.67. The summed E-state index contributed by atoms with van der Waals surface area (Å²) < 4.78 is 0. The van der Waals surface area contributed by atoms with E-state index in [2.05, 4.69) is 15.6 Å². The molecule has 2 N–H and O–H groups in total. The van der Waals surface area contributed by atoms with Gasteiger partial charge in [0.05, 0.1) is 16.7 Å². The van der Waals surface area contributed by atoms with Crippen molar-refractivity contribution >= 4 is 23.3 Å². The minimum absolute atomic E-state index is 0.0959. The molecule has 1 aromatic heterocycles. The maximum atomic E-state index is 12.0. The van der Waals surface area contributed by atoms with E-state index in [1.165, 1.54) is 4.88 Å². The number of aryl methyl sites for hydroxylation is 2. The minimum atomic E-state index is -0.211. The maximum Gasteiger partial charge on any atom is 0.315 e. The first-order valence-electron chi connectivity index (χ1n) is 7.94. The Bertz CT molecular complexity index is 591. The average molecular weight is 338 g/mol. The Morgan fingerprint density at radius 1 is 1.39 bits per heavy atom. The first-order chi connectivity index (χ1) is 10.7. The van der Waals surface area contributed by atoms with Crippen LogP contribution in [0, 0.1) is 13.8 Å². The molecule has 1 atom stereocenters. The molecule has 1 saturated heterocycles. The Morgan fingerprint density at radius 2 is 2.09 bits per heavy atom. The van der Waals surface area contributed by atoms with Crippen molar-refractivity contribution in [1.82, 2.24) is 20.5 Å². The van der Waals surface area contributed by atoms with E-state index in [4.69, 9.17) is 0 Å². The van der Waals surface area contributed by atoms with Crippen LogP contribution in [0.4, 0.5) is 4.79 Å². The van der Waals surface area contributed by atoms with Gasteiger partial charge in [-0.25, -0.2) is 9.78 Å². The highest BCUT2D eigenvalue weighted by atomic mass is 32.1. The summed E-state index contributed by atoms with van der Waals surface area (Å²) in [6.45, 7) is 11.1. The van der Waals surface area contributed by atoms with Crippen LogP contribution in [0.3, 0.4) is 0 Å². The molecular weight excluding hydrogens is 312 g/mol. The fourth-order valence-electron chi connectivity index (χ4n) is 2.78. The number of thiazole rings is 1. The maximum absolute atomic E-state index is 12.0. The van der Waals surface area contributed by atoms with Crippen LogP contribution in [0.15, 0.2) is 0 Å². The highest BCUT2D eigenvalue weighted by Crippen LogP contribution is 2.21. The Morgan fingerprint density at radius 3 is 2.61 bits per heavy atom. The van der Waals surface area contributed by atoms with Crippen LogP contribution in [0.1, 0.15) is 42.8 Å². The Hall–Kier alpha value is -1.63. The summed E-state index contributed by atoms with van der Waals surface area (Å²) in [5.41, 5.74) is 0.836. The lowest BCUT2D eigenvalue weighted by Gasteiger charge is -2.32. The van der Waals surface area contributed by atoms with Gasteiger partial charge in [0.25, 0.3) is 0 Å². The lowest BCUT2D eigenvalue weighted by atomic mass is 10.1. The highest BCUT2D eigenvalue weighted by molar-refractivity contribution is 7.11. The standard InChI is InChI=1S/C16H26N4O2S/c1-10-13(23-11(2)18-10)6-7-17-15(22)19-12-8-14(21)20(9-12)16(3,4)5/h12H,6-9H2,1-5H3,(H2,17,19,22)/t12-/m0/s1. The van der Waals surface area contributed by atoms with Gasteiger partial charge in [-0.15, -0.1) is 11.3 Å². The normalized spacial score (nSPS) is 18.4. The third-order valence-corrected chi connectivity index (χ3v) is 5.04. The molecule has 3 amide bonds. The second-order valence-corrected chi connectivity index (χ2v) is 8.26. The summed E-state index contributed by atoms with van der Waals surface area (Å²) in [7, 11) is 0. The van der Waals surface area contributed by atoms with Crippen LogP contribution >= 0.6 is 11.3 Å². The van der Waals surface area contributed by atoms with Crippen LogP contribution in [0.2, 0.25) is 0 Å². The monoisotopic (exact) mass is 338 g/mol. The van der Waals surface area contributed by atoms with Crippen molar-refractivity contribution in [2.24, 2.45) is 0 Å². The van der Waals surface area contributed by atoms with Gasteiger partial charge in [-0.1, -0.05) is 0 Å². The average Bonchev–Trinajstić information content (AvgIpc) is 2.92. The zero-order valence-corrected chi connectivity index (χ0v) is 15.3. The summed E-state index contributed by atoms with van der Waals surface area (Å²) in [6, 6.07) is -0.327. The van der Waals surface area contributed by atoms with Crippen molar-refractivity contribution < 1.29 is 9.59 Å². The first kappa shape index (κ1) is 17.7. The van der Waals surface area contributed by atoms with Gasteiger partial charge in [0.15, 0.2) is 0 Å². The summed E-state index contributed by atoms with van der Waals surface area (Å²) in [6.07, 6.45) is 1.15. The Balaban J connectivity index is 1.75. The number of hydrogen-bond acceptors (Lipinski definition) is 4. The summed E-state index contributed by atoms with van der Waals surface area (Å²) in [5, 5.41) is 6.80. The fourth-order valence-corrected chi connectivity index (χ4v) is 3.72. The molecule has 0 aromatic carbocycles. The van der Waals surface area contributed by atoms with Gasteiger partial charge < -0.3 is 15.5 Å². The summed E-state index contributed by atoms with van der Waals surface area (Å²) in [5.74, 6) is 0.0959. The van der Waals surface area contributed by atoms with Crippen molar-refractivity contribution in [2.45, 2.75) is 59.0 Å². The third-order valence-electron chi connectivity index (χ3n) is 3.91. The second-order valence-electron chi connectivity index (χ2n) is 6.97. The lowest BCUT2D eigenvalue weighted by molar-refractivity contribution is -0.131. The quantitative estimate of drug-likeness (QED) is 0.882. The predicted molar refractivity (Wildman–Crippen MR) is 91.7 cm³/mol. The molecule has 0 spiro atoms. The van der Waals surface area contributed by atoms with Crippen molar-refractivity contribution in [2.75, 3.05) is 13.1 Å². The fraction of sp³-hybridized carbons (Fsp3) is 0.688. The molecule has 23 heavy (non-hydrogen) atoms. The zero-order valence-electron chi connectivity index (χ0n) is 14.5. The van der Waals surface area contributed by atoms with Gasteiger partial charge in [0, 0.05) is 36.3 Å². The molecule has 1 aromatic rings. The van der Waals surface area contributed by atoms with E-state index >= 15 is 0 Å². The zero-order chi connectivity index (χ0) is 17.2. The highest BCUT2D eigenvalue weighted by Gasteiger charge is 2.36. The number of amides is 3. The van der Waals surface area contributed by atoms with Crippen LogP contribution < -0.4 is 10.6 Å². The van der Waals surface area contributed by atoms with Crippen molar-refractivity contribution in [3.63, 3.8) is 0 Å². The molecule has 7 heteroatoms. The predicted octanol–water partition coefficient (Wildman–Crippen LogP) is 2.00. The van der Waals surface area contributed by atoms with Gasteiger partial charge in [-0.3, -0.25) is 4.79 Å². The molecule has 128 valence electrons. The molecule has 2 heterocycles. The SMILES string of the molecule is Cc1nc(C)c(CCNC(=O)N[C@H]2CC(=O)N(C(C)(C)C)C2)s1. The number of nitrogens with zero attached hydrogens (tertiary/aromatic N) is 2. The van der Waals surface area contributed by atoms with E-state index in [9.17, 15) is 9.59 Å². The molecule has 6 nitrogen and oxygen atoms in total. The van der Waals surface area contributed by atoms with E-state index < -0.39 is 0 Å². The molecule has 2 rings (SSSR count). The Kier molecular flexibility index (Phi) is 5.29. The van der Waals surface area contributed by atoms with Crippen LogP contribution in [0.5, 0.6) is 0 Å². The van der Waals surface area contributed by atoms with Gasteiger partial charge in [-0.05, 0) is 34.6 Å². The minimum Gasteiger partial charge on any atom is -0.338 e. The van der Waals surface area contributed by atoms with E-state index in [1.54, 1.807) is 11.3 Å². The van der Waals surface area contributed by atoms with Crippen molar-refractivity contribution in [3.05, 3.63) is 15.6 Å². The molecule has 1 aliphatic heterocycles. The van der Waals surface area contributed by atoms with E-state index in [0.717, 1.165) is 17.1 Å². The number of carbonyl (C=O) groups excluding carboxylic acids is 2. The number of rotatable bonds is 4. The van der Waals surface area contributed by atoms with Crippen LogP contribution in [-0.2, 0) is 11.2 Å². The van der Waals surface area contributed by atoms with E-state index in [1.807, 2.05) is 39.5 Å². The number of carbonyl (C=O) groups is 2. The summed E-state index contributed by atoms with van der Waals surface area (Å²) in [4.78, 5) is 31.4. The number of aromatic nitrogens is 1. The van der Waals surface area contributed by atoms with Crippen LogP contribution in [-0.4, -0.2) is 46.5 Å². The van der Waals surface area contributed by atoms with E-state index in [-0.39, 0.29) is 23.5 Å². The molecule has 0 bridgehead atoms. The Labute approximate surface area is 141 Å². The van der Waals surface area contributed by atoms with Crippen molar-refractivity contribution in [3.8, 4) is 0 Å². The summed E-state index contributed by atoms with van der Waals surface area (Å²) >= 11 is 1.67. The molecular formula is C16H26N4O2S. The van der Waals surface area contributed by atoms with Crippen molar-refractivity contribution in [1.29, 1.82) is 0 Å². The van der Waals surface area contributed by atoms with Gasteiger partial charge in [0.2, 0.25) is 5.91 Å². The van der Waals surface area contributed by atoms with Gasteiger partial charge >= 0.3 is 6.03 Å². The number of urea groups is 1. The van der Waals surface area contributed by atoms with Crippen LogP contribution in [0.25, 0.3) is 0 Å². The molecule has 0 saturated carbocycles. The molecule has 0 radical (unpaired) electrons. The smallest absolute Gasteiger partial charge is 0.315 e. The molecule has 1 fully saturated rings. The number of nitrogens with one attached hydrogen (secondary N) is 2. The second kappa shape index (κ2) is 6.86. The van der Waals surface area contributed by atoms with Gasteiger partial charge in [-0.2, -0.15) is 0 Å². The molecule has 1 aliphatic rings. The number of hydrogen-bond donors (Lipinski definition) is 2. The lowest BCUT2D eigenvalue weighted by Crippen LogP contribution is -2.46. The van der Waals surface area contributed by atoms with Gasteiger partial charge in [0.1, 0.15) is 0 Å². The largest absolute Gasteiger partial charge is 0.338 e. The first-order valence-corrected chi connectivity index (χ1v) is 8.76. The number of likely N-dealkylation sites (tertiary alicyclic amines) is 1.